The normalized spacial score (nSPS) is 21.4. The maximum Gasteiger partial charge on any atom is 0.257 e. The minimum atomic E-state index is -0.228. The minimum absolute atomic E-state index is 0.0230. The number of nitrogens with two attached hydrogens (primary N) is 1. The molecule has 6 nitrogen and oxygen atoms in total. The van der Waals surface area contributed by atoms with Gasteiger partial charge in [-0.25, -0.2) is 0 Å². The molecular formula is C21H26N4O2S. The van der Waals surface area contributed by atoms with Gasteiger partial charge in [0.15, 0.2) is 0 Å². The number of nitrogens with one attached hydrogen (secondary N) is 1. The van der Waals surface area contributed by atoms with Gasteiger partial charge in [-0.1, -0.05) is 6.92 Å². The second kappa shape index (κ2) is 7.64. The molecule has 0 radical (unpaired) electrons. The number of pyridine rings is 1. The first kappa shape index (κ1) is 19.1. The van der Waals surface area contributed by atoms with Crippen molar-refractivity contribution >= 4 is 28.2 Å². The fourth-order valence-corrected chi connectivity index (χ4v) is 5.35. The van der Waals surface area contributed by atoms with E-state index in [0.717, 1.165) is 37.7 Å². The Balaban J connectivity index is 1.65. The zero-order valence-electron chi connectivity index (χ0n) is 16.2. The number of thiophene rings is 1. The second-order valence-electron chi connectivity index (χ2n) is 8.10. The lowest BCUT2D eigenvalue weighted by atomic mass is 9.90. The molecule has 1 unspecified atom stereocenters. The molecule has 1 aliphatic carbocycles. The Morgan fingerprint density at radius 1 is 1.36 bits per heavy atom. The summed E-state index contributed by atoms with van der Waals surface area (Å²) in [5, 5.41) is 3.66. The fourth-order valence-electron chi connectivity index (χ4n) is 4.07. The van der Waals surface area contributed by atoms with Crippen LogP contribution in [0.4, 0.5) is 5.00 Å². The van der Waals surface area contributed by atoms with E-state index in [0.29, 0.717) is 35.8 Å². The Kier molecular flexibility index (Phi) is 5.21. The van der Waals surface area contributed by atoms with Gasteiger partial charge in [0, 0.05) is 30.4 Å². The van der Waals surface area contributed by atoms with Crippen LogP contribution in [0.15, 0.2) is 24.5 Å². The number of carbonyl (C=O) groups excluding carboxylic acids is 2. The lowest BCUT2D eigenvalue weighted by Crippen LogP contribution is -2.35. The Hall–Kier alpha value is -2.25. The van der Waals surface area contributed by atoms with Crippen LogP contribution in [-0.2, 0) is 12.8 Å². The highest BCUT2D eigenvalue weighted by molar-refractivity contribution is 7.17. The van der Waals surface area contributed by atoms with E-state index in [9.17, 15) is 9.59 Å². The number of nitrogens with zero attached hydrogens (tertiary/aromatic N) is 2. The van der Waals surface area contributed by atoms with Crippen molar-refractivity contribution in [3.63, 3.8) is 0 Å². The Bertz CT molecular complexity index is 895. The summed E-state index contributed by atoms with van der Waals surface area (Å²) in [5.41, 5.74) is 8.21. The van der Waals surface area contributed by atoms with Crippen LogP contribution in [0.2, 0.25) is 0 Å². The lowest BCUT2D eigenvalue weighted by molar-refractivity contribution is 0.0777. The van der Waals surface area contributed by atoms with E-state index in [1.807, 2.05) is 4.90 Å². The van der Waals surface area contributed by atoms with Crippen LogP contribution in [0.5, 0.6) is 0 Å². The number of aromatic nitrogens is 1. The maximum atomic E-state index is 13.5. The maximum absolute atomic E-state index is 13.5. The van der Waals surface area contributed by atoms with E-state index >= 15 is 0 Å². The molecule has 148 valence electrons. The fraction of sp³-hybridized carbons (Fsp3) is 0.476. The first-order chi connectivity index (χ1) is 13.5. The van der Waals surface area contributed by atoms with Crippen molar-refractivity contribution in [2.75, 3.05) is 25.0 Å². The number of aryl methyl sites for hydroxylation is 1. The van der Waals surface area contributed by atoms with Crippen LogP contribution in [0.25, 0.3) is 0 Å². The van der Waals surface area contributed by atoms with Gasteiger partial charge in [-0.3, -0.25) is 14.6 Å². The highest BCUT2D eigenvalue weighted by Gasteiger charge is 2.37. The van der Waals surface area contributed by atoms with Crippen LogP contribution in [0, 0.1) is 5.41 Å². The van der Waals surface area contributed by atoms with E-state index in [1.165, 1.54) is 11.1 Å². The van der Waals surface area contributed by atoms with Gasteiger partial charge in [-0.2, -0.15) is 0 Å². The SMILES string of the molecule is CC1(CN)CCN(C(=O)c2c(NC(=O)c3cccnc3)sc3c2CCCC3)C1. The number of amides is 2. The molecule has 1 aliphatic heterocycles. The van der Waals surface area contributed by atoms with Crippen molar-refractivity contribution in [3.8, 4) is 0 Å². The molecule has 28 heavy (non-hydrogen) atoms. The number of anilines is 1. The first-order valence-electron chi connectivity index (χ1n) is 9.86. The summed E-state index contributed by atoms with van der Waals surface area (Å²) in [6.45, 7) is 4.09. The molecule has 2 aromatic heterocycles. The molecule has 2 aliphatic rings. The van der Waals surface area contributed by atoms with Gasteiger partial charge in [0.2, 0.25) is 0 Å². The van der Waals surface area contributed by atoms with Crippen molar-refractivity contribution in [3.05, 3.63) is 46.1 Å². The largest absolute Gasteiger partial charge is 0.338 e. The number of fused-ring (bicyclic) bond motifs is 1. The summed E-state index contributed by atoms with van der Waals surface area (Å²) < 4.78 is 0. The third-order valence-corrected chi connectivity index (χ3v) is 7.08. The monoisotopic (exact) mass is 398 g/mol. The zero-order chi connectivity index (χ0) is 19.7. The summed E-state index contributed by atoms with van der Waals surface area (Å²) in [6, 6.07) is 3.46. The van der Waals surface area contributed by atoms with Crippen LogP contribution < -0.4 is 11.1 Å². The number of rotatable bonds is 4. The van der Waals surface area contributed by atoms with Crippen LogP contribution >= 0.6 is 11.3 Å². The summed E-state index contributed by atoms with van der Waals surface area (Å²) in [7, 11) is 0. The van der Waals surface area contributed by atoms with E-state index in [-0.39, 0.29) is 17.2 Å². The van der Waals surface area contributed by atoms with E-state index in [4.69, 9.17) is 5.73 Å². The van der Waals surface area contributed by atoms with Crippen LogP contribution in [0.3, 0.4) is 0 Å². The summed E-state index contributed by atoms with van der Waals surface area (Å²) in [6.07, 6.45) is 8.18. The minimum Gasteiger partial charge on any atom is -0.338 e. The molecule has 2 amide bonds. The average Bonchev–Trinajstić information content (AvgIpc) is 3.29. The van der Waals surface area contributed by atoms with Crippen molar-refractivity contribution < 1.29 is 9.59 Å². The van der Waals surface area contributed by atoms with Gasteiger partial charge in [0.1, 0.15) is 5.00 Å². The molecule has 7 heteroatoms. The molecule has 0 saturated carbocycles. The Morgan fingerprint density at radius 2 is 2.18 bits per heavy atom. The molecule has 1 saturated heterocycles. The number of hydrogen-bond donors (Lipinski definition) is 2. The number of hydrogen-bond acceptors (Lipinski definition) is 5. The van der Waals surface area contributed by atoms with Gasteiger partial charge in [0.05, 0.1) is 11.1 Å². The molecule has 2 aromatic rings. The van der Waals surface area contributed by atoms with Gasteiger partial charge < -0.3 is 16.0 Å². The predicted molar refractivity (Wildman–Crippen MR) is 111 cm³/mol. The lowest BCUT2D eigenvalue weighted by Gasteiger charge is -2.23. The molecule has 0 spiro atoms. The number of carbonyl (C=O) groups is 2. The van der Waals surface area contributed by atoms with E-state index < -0.39 is 0 Å². The quantitative estimate of drug-likeness (QED) is 0.828. The summed E-state index contributed by atoms with van der Waals surface area (Å²) >= 11 is 1.55. The van der Waals surface area contributed by atoms with Crippen molar-refractivity contribution in [1.29, 1.82) is 0 Å². The van der Waals surface area contributed by atoms with E-state index in [2.05, 4.69) is 17.2 Å². The molecule has 0 aromatic carbocycles. The first-order valence-corrected chi connectivity index (χ1v) is 10.7. The highest BCUT2D eigenvalue weighted by Crippen LogP contribution is 2.40. The third kappa shape index (κ3) is 3.56. The summed E-state index contributed by atoms with van der Waals surface area (Å²) in [5.74, 6) is -0.202. The van der Waals surface area contributed by atoms with Crippen molar-refractivity contribution in [2.24, 2.45) is 11.1 Å². The second-order valence-corrected chi connectivity index (χ2v) is 9.21. The van der Waals surface area contributed by atoms with Gasteiger partial charge >= 0.3 is 0 Å². The molecular weight excluding hydrogens is 372 g/mol. The Morgan fingerprint density at radius 3 is 2.89 bits per heavy atom. The van der Waals surface area contributed by atoms with Gasteiger partial charge in [-0.15, -0.1) is 11.3 Å². The van der Waals surface area contributed by atoms with Gasteiger partial charge in [0.25, 0.3) is 11.8 Å². The Labute approximate surface area is 169 Å². The molecule has 1 atom stereocenters. The molecule has 3 heterocycles. The standard InChI is InChI=1S/C21H26N4O2S/c1-21(12-22)8-10-25(13-21)20(27)17-15-6-2-3-7-16(15)28-19(17)24-18(26)14-5-4-9-23-11-14/h4-5,9,11H,2-3,6-8,10,12-13,22H2,1H3,(H,24,26). The highest BCUT2D eigenvalue weighted by atomic mass is 32.1. The van der Waals surface area contributed by atoms with Gasteiger partial charge in [-0.05, 0) is 61.8 Å². The predicted octanol–water partition coefficient (Wildman–Crippen LogP) is 3.09. The molecule has 3 N–H and O–H groups in total. The van der Waals surface area contributed by atoms with Crippen molar-refractivity contribution in [1.82, 2.24) is 9.88 Å². The summed E-state index contributed by atoms with van der Waals surface area (Å²) in [4.78, 5) is 33.3. The molecule has 1 fully saturated rings. The third-order valence-electron chi connectivity index (χ3n) is 5.87. The van der Waals surface area contributed by atoms with Crippen LogP contribution in [0.1, 0.15) is 57.3 Å². The zero-order valence-corrected chi connectivity index (χ0v) is 17.0. The number of likely N-dealkylation sites (tertiary alicyclic amines) is 1. The average molecular weight is 399 g/mol. The topological polar surface area (TPSA) is 88.3 Å². The molecule has 4 rings (SSSR count). The van der Waals surface area contributed by atoms with Crippen LogP contribution in [-0.4, -0.2) is 41.3 Å². The molecule has 0 bridgehead atoms. The van der Waals surface area contributed by atoms with E-state index in [1.54, 1.807) is 29.7 Å². The smallest absolute Gasteiger partial charge is 0.257 e. The van der Waals surface area contributed by atoms with Crippen molar-refractivity contribution in [2.45, 2.75) is 39.0 Å².